The van der Waals surface area contributed by atoms with Gasteiger partial charge in [-0.05, 0) is 55.0 Å². The SMILES string of the molecule is C[C@@H](c1cccc(NC(=O)c2ccccc2)c1)N(C)C(=O)c1ccc(F)c(F)c1. The highest BCUT2D eigenvalue weighted by Crippen LogP contribution is 2.24. The van der Waals surface area contributed by atoms with Gasteiger partial charge in [0.05, 0.1) is 6.04 Å². The van der Waals surface area contributed by atoms with E-state index in [1.807, 2.05) is 19.1 Å². The van der Waals surface area contributed by atoms with Crippen molar-refractivity contribution in [3.8, 4) is 0 Å². The molecule has 29 heavy (non-hydrogen) atoms. The lowest BCUT2D eigenvalue weighted by molar-refractivity contribution is 0.0741. The third kappa shape index (κ3) is 4.66. The second kappa shape index (κ2) is 8.65. The number of benzene rings is 3. The van der Waals surface area contributed by atoms with Crippen LogP contribution in [0.2, 0.25) is 0 Å². The minimum Gasteiger partial charge on any atom is -0.335 e. The van der Waals surface area contributed by atoms with E-state index in [1.165, 1.54) is 11.0 Å². The van der Waals surface area contributed by atoms with Gasteiger partial charge in [0.1, 0.15) is 0 Å². The zero-order valence-corrected chi connectivity index (χ0v) is 16.0. The van der Waals surface area contributed by atoms with Crippen LogP contribution in [0.1, 0.15) is 39.2 Å². The number of halogens is 2. The van der Waals surface area contributed by atoms with Crippen molar-refractivity contribution in [3.05, 3.63) is 101 Å². The summed E-state index contributed by atoms with van der Waals surface area (Å²) in [7, 11) is 1.59. The van der Waals surface area contributed by atoms with Crippen LogP contribution in [0.3, 0.4) is 0 Å². The lowest BCUT2D eigenvalue weighted by Crippen LogP contribution is -2.29. The van der Waals surface area contributed by atoms with E-state index in [-0.39, 0.29) is 17.5 Å². The molecular formula is C23H20F2N2O2. The van der Waals surface area contributed by atoms with Gasteiger partial charge in [-0.25, -0.2) is 8.78 Å². The first-order chi connectivity index (χ1) is 13.9. The van der Waals surface area contributed by atoms with Gasteiger partial charge in [-0.1, -0.05) is 30.3 Å². The Labute approximate surface area is 167 Å². The Balaban J connectivity index is 1.75. The summed E-state index contributed by atoms with van der Waals surface area (Å²) >= 11 is 0. The van der Waals surface area contributed by atoms with E-state index in [9.17, 15) is 18.4 Å². The molecule has 0 aliphatic carbocycles. The lowest BCUT2D eigenvalue weighted by Gasteiger charge is -2.26. The average molecular weight is 394 g/mol. The molecule has 0 aromatic heterocycles. The number of carbonyl (C=O) groups excluding carboxylic acids is 2. The first-order valence-corrected chi connectivity index (χ1v) is 9.05. The molecule has 2 amide bonds. The maximum Gasteiger partial charge on any atom is 0.255 e. The molecule has 3 rings (SSSR count). The molecule has 0 saturated carbocycles. The van der Waals surface area contributed by atoms with Crippen LogP contribution in [0.15, 0.2) is 72.8 Å². The number of amides is 2. The number of nitrogens with zero attached hydrogens (tertiary/aromatic N) is 1. The zero-order valence-electron chi connectivity index (χ0n) is 16.0. The van der Waals surface area contributed by atoms with Gasteiger partial charge >= 0.3 is 0 Å². The molecule has 1 atom stereocenters. The lowest BCUT2D eigenvalue weighted by atomic mass is 10.0. The fourth-order valence-electron chi connectivity index (χ4n) is 2.90. The van der Waals surface area contributed by atoms with E-state index in [0.29, 0.717) is 11.3 Å². The second-order valence-electron chi connectivity index (χ2n) is 6.67. The fourth-order valence-corrected chi connectivity index (χ4v) is 2.90. The predicted octanol–water partition coefficient (Wildman–Crippen LogP) is 5.05. The Morgan fingerprint density at radius 2 is 1.59 bits per heavy atom. The summed E-state index contributed by atoms with van der Waals surface area (Å²) in [4.78, 5) is 26.4. The number of anilines is 1. The van der Waals surface area contributed by atoms with Gasteiger partial charge in [-0.2, -0.15) is 0 Å². The number of carbonyl (C=O) groups is 2. The molecule has 6 heteroatoms. The van der Waals surface area contributed by atoms with Crippen molar-refractivity contribution in [2.45, 2.75) is 13.0 Å². The summed E-state index contributed by atoms with van der Waals surface area (Å²) in [5, 5.41) is 2.83. The maximum absolute atomic E-state index is 13.5. The molecule has 4 nitrogen and oxygen atoms in total. The summed E-state index contributed by atoms with van der Waals surface area (Å²) in [6, 6.07) is 18.7. The van der Waals surface area contributed by atoms with Crippen molar-refractivity contribution >= 4 is 17.5 Å². The first kappa shape index (κ1) is 20.2. The summed E-state index contributed by atoms with van der Waals surface area (Å²) in [6.45, 7) is 1.82. The van der Waals surface area contributed by atoms with Crippen LogP contribution in [0.4, 0.5) is 14.5 Å². The highest BCUT2D eigenvalue weighted by Gasteiger charge is 2.20. The fraction of sp³-hybridized carbons (Fsp3) is 0.130. The Bertz CT molecular complexity index is 1040. The standard InChI is InChI=1S/C23H20F2N2O2/c1-15(27(2)23(29)18-11-12-20(24)21(25)14-18)17-9-6-10-19(13-17)26-22(28)16-7-4-3-5-8-16/h3-15H,1-2H3,(H,26,28)/t15-/m0/s1. The number of hydrogen-bond acceptors (Lipinski definition) is 2. The van der Waals surface area contributed by atoms with Gasteiger partial charge in [0.15, 0.2) is 11.6 Å². The van der Waals surface area contributed by atoms with E-state index in [0.717, 1.165) is 17.7 Å². The molecule has 1 N–H and O–H groups in total. The molecule has 0 fully saturated rings. The minimum atomic E-state index is -1.07. The number of rotatable bonds is 5. The molecule has 0 bridgehead atoms. The molecule has 3 aromatic rings. The normalized spacial score (nSPS) is 11.6. The van der Waals surface area contributed by atoms with E-state index in [1.54, 1.807) is 49.5 Å². The van der Waals surface area contributed by atoms with Gasteiger partial charge in [0.25, 0.3) is 11.8 Å². The number of nitrogens with one attached hydrogen (secondary N) is 1. The molecule has 3 aromatic carbocycles. The Morgan fingerprint density at radius 3 is 2.28 bits per heavy atom. The number of hydrogen-bond donors (Lipinski definition) is 1. The summed E-state index contributed by atoms with van der Waals surface area (Å²) < 4.78 is 26.6. The Morgan fingerprint density at radius 1 is 0.862 bits per heavy atom. The summed E-state index contributed by atoms with van der Waals surface area (Å²) in [5.74, 6) is -2.74. The minimum absolute atomic E-state index is 0.0618. The third-order valence-electron chi connectivity index (χ3n) is 4.73. The monoisotopic (exact) mass is 394 g/mol. The topological polar surface area (TPSA) is 49.4 Å². The third-order valence-corrected chi connectivity index (χ3v) is 4.73. The predicted molar refractivity (Wildman–Crippen MR) is 108 cm³/mol. The molecule has 148 valence electrons. The van der Waals surface area contributed by atoms with Gasteiger partial charge in [-0.15, -0.1) is 0 Å². The van der Waals surface area contributed by atoms with E-state index in [4.69, 9.17) is 0 Å². The molecule has 0 spiro atoms. The van der Waals surface area contributed by atoms with E-state index >= 15 is 0 Å². The largest absolute Gasteiger partial charge is 0.335 e. The summed E-state index contributed by atoms with van der Waals surface area (Å²) in [6.07, 6.45) is 0. The Hall–Kier alpha value is -3.54. The van der Waals surface area contributed by atoms with Crippen LogP contribution in [-0.4, -0.2) is 23.8 Å². The van der Waals surface area contributed by atoms with Gasteiger partial charge in [0, 0.05) is 23.9 Å². The van der Waals surface area contributed by atoms with Crippen LogP contribution in [0, 0.1) is 11.6 Å². The van der Waals surface area contributed by atoms with E-state index < -0.39 is 17.5 Å². The van der Waals surface area contributed by atoms with Crippen molar-refractivity contribution < 1.29 is 18.4 Å². The molecule has 0 aliphatic heterocycles. The van der Waals surface area contributed by atoms with Gasteiger partial charge < -0.3 is 10.2 Å². The highest BCUT2D eigenvalue weighted by atomic mass is 19.2. The molecule has 0 saturated heterocycles. The van der Waals surface area contributed by atoms with Crippen LogP contribution >= 0.6 is 0 Å². The summed E-state index contributed by atoms with van der Waals surface area (Å²) in [5.41, 5.74) is 1.98. The van der Waals surface area contributed by atoms with Gasteiger partial charge in [0.2, 0.25) is 0 Å². The Kier molecular flexibility index (Phi) is 6.02. The molecule has 0 unspecified atom stereocenters. The van der Waals surface area contributed by atoms with Crippen LogP contribution in [0.5, 0.6) is 0 Å². The molecule has 0 radical (unpaired) electrons. The van der Waals surface area contributed by atoms with E-state index in [2.05, 4.69) is 5.32 Å². The van der Waals surface area contributed by atoms with Crippen molar-refractivity contribution in [2.75, 3.05) is 12.4 Å². The van der Waals surface area contributed by atoms with Gasteiger partial charge in [-0.3, -0.25) is 9.59 Å². The van der Waals surface area contributed by atoms with Crippen molar-refractivity contribution in [1.29, 1.82) is 0 Å². The average Bonchev–Trinajstić information content (AvgIpc) is 2.75. The van der Waals surface area contributed by atoms with Crippen LogP contribution in [0.25, 0.3) is 0 Å². The maximum atomic E-state index is 13.5. The van der Waals surface area contributed by atoms with Crippen LogP contribution in [-0.2, 0) is 0 Å². The molecule has 0 heterocycles. The smallest absolute Gasteiger partial charge is 0.255 e. The van der Waals surface area contributed by atoms with Crippen molar-refractivity contribution in [2.24, 2.45) is 0 Å². The second-order valence-corrected chi connectivity index (χ2v) is 6.67. The van der Waals surface area contributed by atoms with Crippen molar-refractivity contribution in [1.82, 2.24) is 4.90 Å². The zero-order chi connectivity index (χ0) is 21.0. The first-order valence-electron chi connectivity index (χ1n) is 9.05. The molecular weight excluding hydrogens is 374 g/mol. The van der Waals surface area contributed by atoms with Crippen molar-refractivity contribution in [3.63, 3.8) is 0 Å². The quantitative estimate of drug-likeness (QED) is 0.658. The van der Waals surface area contributed by atoms with Crippen LogP contribution < -0.4 is 5.32 Å². The molecule has 0 aliphatic rings. The highest BCUT2D eigenvalue weighted by molar-refractivity contribution is 6.04.